The van der Waals surface area contributed by atoms with E-state index in [4.69, 9.17) is 0 Å². The first-order valence-electron chi connectivity index (χ1n) is 9.63. The first kappa shape index (κ1) is 21.3. The summed E-state index contributed by atoms with van der Waals surface area (Å²) in [6.07, 6.45) is 1.43. The number of amides is 2. The largest absolute Gasteiger partial charge is 0.325 e. The van der Waals surface area contributed by atoms with E-state index in [-0.39, 0.29) is 17.8 Å². The third kappa shape index (κ3) is 5.55. The van der Waals surface area contributed by atoms with Gasteiger partial charge in [-0.2, -0.15) is 0 Å². The first-order chi connectivity index (χ1) is 13.7. The van der Waals surface area contributed by atoms with E-state index in [0.717, 1.165) is 11.1 Å². The Labute approximate surface area is 171 Å². The summed E-state index contributed by atoms with van der Waals surface area (Å²) >= 11 is 0. The molecule has 2 aromatic carbocycles. The minimum atomic E-state index is -3.55. The number of hydrogen-bond donors (Lipinski definition) is 2. The fraction of sp³-hybridized carbons (Fsp3) is 0.381. The predicted molar refractivity (Wildman–Crippen MR) is 111 cm³/mol. The third-order valence-electron chi connectivity index (χ3n) is 5.18. The standard InChI is InChI=1S/C21H26FN3O3S/c1-15-3-8-20(16(2)13-15)29(27,28)23-14-17-9-11-25(12-10-17)21(26)24-19-6-4-18(22)5-7-19/h3-8,13,17,23H,9-12,14H2,1-2H3,(H,24,26). The van der Waals surface area contributed by atoms with Gasteiger partial charge in [0.1, 0.15) is 5.82 Å². The molecule has 0 bridgehead atoms. The summed E-state index contributed by atoms with van der Waals surface area (Å²) in [6, 6.07) is 10.7. The average Bonchev–Trinajstić information content (AvgIpc) is 2.68. The van der Waals surface area contributed by atoms with Gasteiger partial charge in [0.2, 0.25) is 10.0 Å². The van der Waals surface area contributed by atoms with Crippen molar-refractivity contribution >= 4 is 21.7 Å². The monoisotopic (exact) mass is 419 g/mol. The molecule has 2 amide bonds. The Bertz CT molecular complexity index is 969. The summed E-state index contributed by atoms with van der Waals surface area (Å²) < 4.78 is 40.9. The van der Waals surface area contributed by atoms with E-state index in [1.54, 1.807) is 24.0 Å². The van der Waals surface area contributed by atoms with Gasteiger partial charge in [0, 0.05) is 25.3 Å². The summed E-state index contributed by atoms with van der Waals surface area (Å²) in [7, 11) is -3.55. The van der Waals surface area contributed by atoms with Gasteiger partial charge < -0.3 is 10.2 Å². The molecule has 0 aromatic heterocycles. The number of aryl methyl sites for hydroxylation is 2. The van der Waals surface area contributed by atoms with Gasteiger partial charge in [-0.1, -0.05) is 17.7 Å². The van der Waals surface area contributed by atoms with Crippen LogP contribution in [-0.2, 0) is 10.0 Å². The molecule has 0 spiro atoms. The molecule has 1 aliphatic rings. The van der Waals surface area contributed by atoms with Crippen LogP contribution < -0.4 is 10.0 Å². The van der Waals surface area contributed by atoms with Gasteiger partial charge in [0.15, 0.2) is 0 Å². The second kappa shape index (κ2) is 8.92. The summed E-state index contributed by atoms with van der Waals surface area (Å²) in [5, 5.41) is 2.75. The molecular weight excluding hydrogens is 393 g/mol. The van der Waals surface area contributed by atoms with Crippen LogP contribution in [0.15, 0.2) is 47.4 Å². The molecular formula is C21H26FN3O3S. The summed E-state index contributed by atoms with van der Waals surface area (Å²) in [5.41, 5.74) is 2.29. The Morgan fingerprint density at radius 1 is 1.10 bits per heavy atom. The van der Waals surface area contributed by atoms with Crippen molar-refractivity contribution in [2.24, 2.45) is 5.92 Å². The number of nitrogens with zero attached hydrogens (tertiary/aromatic N) is 1. The molecule has 0 saturated carbocycles. The minimum absolute atomic E-state index is 0.172. The van der Waals surface area contributed by atoms with Crippen molar-refractivity contribution in [3.05, 3.63) is 59.4 Å². The van der Waals surface area contributed by atoms with Crippen molar-refractivity contribution in [2.45, 2.75) is 31.6 Å². The molecule has 156 valence electrons. The van der Waals surface area contributed by atoms with Crippen molar-refractivity contribution in [3.8, 4) is 0 Å². The number of benzene rings is 2. The highest BCUT2D eigenvalue weighted by Crippen LogP contribution is 2.20. The van der Waals surface area contributed by atoms with Gasteiger partial charge in [-0.05, 0) is 68.5 Å². The van der Waals surface area contributed by atoms with Crippen molar-refractivity contribution in [1.82, 2.24) is 9.62 Å². The molecule has 1 aliphatic heterocycles. The van der Waals surface area contributed by atoms with Crippen LogP contribution in [0.2, 0.25) is 0 Å². The zero-order valence-electron chi connectivity index (χ0n) is 16.6. The number of sulfonamides is 1. The number of carbonyl (C=O) groups is 1. The topological polar surface area (TPSA) is 78.5 Å². The van der Waals surface area contributed by atoms with Crippen molar-refractivity contribution < 1.29 is 17.6 Å². The number of hydrogen-bond acceptors (Lipinski definition) is 3. The van der Waals surface area contributed by atoms with Crippen molar-refractivity contribution in [2.75, 3.05) is 25.0 Å². The maximum Gasteiger partial charge on any atom is 0.321 e. The van der Waals surface area contributed by atoms with Gasteiger partial charge in [0.25, 0.3) is 0 Å². The van der Waals surface area contributed by atoms with Crippen LogP contribution in [0.5, 0.6) is 0 Å². The second-order valence-corrected chi connectivity index (χ2v) is 9.22. The molecule has 0 radical (unpaired) electrons. The Morgan fingerprint density at radius 2 is 1.76 bits per heavy atom. The summed E-state index contributed by atoms with van der Waals surface area (Å²) in [6.45, 7) is 5.16. The zero-order valence-corrected chi connectivity index (χ0v) is 17.4. The molecule has 0 atom stereocenters. The van der Waals surface area contributed by atoms with Crippen molar-refractivity contribution in [1.29, 1.82) is 0 Å². The highest BCUT2D eigenvalue weighted by molar-refractivity contribution is 7.89. The third-order valence-corrected chi connectivity index (χ3v) is 6.76. The Kier molecular flexibility index (Phi) is 6.54. The van der Waals surface area contributed by atoms with Crippen LogP contribution in [0.3, 0.4) is 0 Å². The van der Waals surface area contributed by atoms with Crippen LogP contribution in [0.1, 0.15) is 24.0 Å². The maximum absolute atomic E-state index is 13.0. The molecule has 1 fully saturated rings. The average molecular weight is 420 g/mol. The van der Waals surface area contributed by atoms with Crippen molar-refractivity contribution in [3.63, 3.8) is 0 Å². The van der Waals surface area contributed by atoms with Gasteiger partial charge >= 0.3 is 6.03 Å². The number of rotatable bonds is 5. The van der Waals surface area contributed by atoms with Gasteiger partial charge in [-0.15, -0.1) is 0 Å². The van der Waals surface area contributed by atoms with Crippen LogP contribution >= 0.6 is 0 Å². The first-order valence-corrected chi connectivity index (χ1v) is 11.1. The fourth-order valence-electron chi connectivity index (χ4n) is 3.48. The SMILES string of the molecule is Cc1ccc(S(=O)(=O)NCC2CCN(C(=O)Nc3ccc(F)cc3)CC2)c(C)c1. The Balaban J connectivity index is 1.49. The van der Waals surface area contributed by atoms with E-state index in [0.29, 0.717) is 43.1 Å². The Hall–Kier alpha value is -2.45. The van der Waals surface area contributed by atoms with E-state index in [1.807, 2.05) is 13.0 Å². The highest BCUT2D eigenvalue weighted by atomic mass is 32.2. The Morgan fingerprint density at radius 3 is 2.38 bits per heavy atom. The molecule has 1 saturated heterocycles. The normalized spacial score (nSPS) is 15.3. The lowest BCUT2D eigenvalue weighted by Gasteiger charge is -2.32. The van der Waals surface area contributed by atoms with Crippen LogP contribution in [0, 0.1) is 25.6 Å². The maximum atomic E-state index is 13.0. The number of carbonyl (C=O) groups excluding carboxylic acids is 1. The predicted octanol–water partition coefficient (Wildman–Crippen LogP) is 3.66. The van der Waals surface area contributed by atoms with E-state index in [2.05, 4.69) is 10.0 Å². The molecule has 0 aliphatic carbocycles. The molecule has 2 aromatic rings. The quantitative estimate of drug-likeness (QED) is 0.776. The van der Waals surface area contributed by atoms with Crippen LogP contribution in [-0.4, -0.2) is 39.0 Å². The smallest absolute Gasteiger partial charge is 0.321 e. The van der Waals surface area contributed by atoms with E-state index >= 15 is 0 Å². The lowest BCUT2D eigenvalue weighted by molar-refractivity contribution is 0.183. The molecule has 1 heterocycles. The molecule has 3 rings (SSSR count). The number of piperidine rings is 1. The zero-order chi connectivity index (χ0) is 21.0. The lowest BCUT2D eigenvalue weighted by Crippen LogP contribution is -2.43. The number of likely N-dealkylation sites (tertiary alicyclic amines) is 1. The minimum Gasteiger partial charge on any atom is -0.325 e. The number of halogens is 1. The number of urea groups is 1. The molecule has 2 N–H and O–H groups in total. The molecule has 8 heteroatoms. The number of nitrogens with one attached hydrogen (secondary N) is 2. The lowest BCUT2D eigenvalue weighted by atomic mass is 9.97. The second-order valence-electron chi connectivity index (χ2n) is 7.49. The van der Waals surface area contributed by atoms with Gasteiger partial charge in [-0.3, -0.25) is 0 Å². The highest BCUT2D eigenvalue weighted by Gasteiger charge is 2.25. The fourth-order valence-corrected chi connectivity index (χ4v) is 4.82. The van der Waals surface area contributed by atoms with E-state index < -0.39 is 10.0 Å². The summed E-state index contributed by atoms with van der Waals surface area (Å²) in [4.78, 5) is 14.3. The van der Waals surface area contributed by atoms with Crippen LogP contribution in [0.4, 0.5) is 14.9 Å². The molecule has 29 heavy (non-hydrogen) atoms. The van der Waals surface area contributed by atoms with Gasteiger partial charge in [-0.25, -0.2) is 22.3 Å². The molecule has 0 unspecified atom stereocenters. The summed E-state index contributed by atoms with van der Waals surface area (Å²) in [5.74, 6) is -0.183. The van der Waals surface area contributed by atoms with Crippen LogP contribution in [0.25, 0.3) is 0 Å². The number of anilines is 1. The molecule has 6 nitrogen and oxygen atoms in total. The van der Waals surface area contributed by atoms with Gasteiger partial charge in [0.05, 0.1) is 4.90 Å². The van der Waals surface area contributed by atoms with E-state index in [9.17, 15) is 17.6 Å². The van der Waals surface area contributed by atoms with E-state index in [1.165, 1.54) is 24.3 Å².